The fourth-order valence-corrected chi connectivity index (χ4v) is 3.29. The van der Waals surface area contributed by atoms with E-state index in [-0.39, 0.29) is 15.7 Å². The Hall–Kier alpha value is -1.80. The minimum Gasteiger partial charge on any atom is -0.479 e. The van der Waals surface area contributed by atoms with E-state index >= 15 is 0 Å². The Kier molecular flexibility index (Phi) is 6.52. The third kappa shape index (κ3) is 4.67. The van der Waals surface area contributed by atoms with Crippen molar-refractivity contribution in [2.45, 2.75) is 17.9 Å². The second-order valence-corrected chi connectivity index (χ2v) is 8.55. The van der Waals surface area contributed by atoms with Crippen molar-refractivity contribution in [3.8, 4) is 5.75 Å². The zero-order chi connectivity index (χ0) is 19.5. The zero-order valence-corrected chi connectivity index (χ0v) is 16.7. The maximum absolute atomic E-state index is 12.3. The highest BCUT2D eigenvalue weighted by molar-refractivity contribution is 7.89. The van der Waals surface area contributed by atoms with Crippen molar-refractivity contribution in [2.24, 2.45) is 0 Å². The van der Waals surface area contributed by atoms with E-state index < -0.39 is 22.0 Å². The molecule has 0 radical (unpaired) electrons. The van der Waals surface area contributed by atoms with Gasteiger partial charge in [0.25, 0.3) is 5.91 Å². The average molecular weight is 417 g/mol. The Morgan fingerprint density at radius 2 is 1.81 bits per heavy atom. The Labute approximate surface area is 162 Å². The molecule has 0 aliphatic carbocycles. The largest absolute Gasteiger partial charge is 0.479 e. The van der Waals surface area contributed by atoms with Crippen LogP contribution in [0.1, 0.15) is 6.92 Å². The number of anilines is 1. The summed E-state index contributed by atoms with van der Waals surface area (Å²) in [5, 5.41) is 3.16. The molecule has 1 atom stereocenters. The Bertz CT molecular complexity index is 917. The highest BCUT2D eigenvalue weighted by Crippen LogP contribution is 2.32. The summed E-state index contributed by atoms with van der Waals surface area (Å²) in [5.74, 6) is -0.175. The van der Waals surface area contributed by atoms with Crippen LogP contribution in [0, 0.1) is 0 Å². The molecule has 0 bridgehead atoms. The maximum Gasteiger partial charge on any atom is 0.265 e. The lowest BCUT2D eigenvalue weighted by Crippen LogP contribution is -2.30. The first kappa shape index (κ1) is 20.5. The van der Waals surface area contributed by atoms with E-state index in [0.29, 0.717) is 10.7 Å². The summed E-state index contributed by atoms with van der Waals surface area (Å²) >= 11 is 12.0. The van der Waals surface area contributed by atoms with Crippen molar-refractivity contribution in [3.05, 3.63) is 52.5 Å². The molecule has 0 spiro atoms. The first-order valence-electron chi connectivity index (χ1n) is 7.57. The van der Waals surface area contributed by atoms with Crippen LogP contribution >= 0.6 is 23.2 Å². The maximum atomic E-state index is 12.3. The monoisotopic (exact) mass is 416 g/mol. The van der Waals surface area contributed by atoms with Gasteiger partial charge in [-0.25, -0.2) is 12.7 Å². The van der Waals surface area contributed by atoms with Crippen LogP contribution in [0.15, 0.2) is 47.4 Å². The van der Waals surface area contributed by atoms with Crippen molar-refractivity contribution >= 4 is 44.8 Å². The van der Waals surface area contributed by atoms with Crippen LogP contribution < -0.4 is 10.1 Å². The first-order valence-corrected chi connectivity index (χ1v) is 9.76. The van der Waals surface area contributed by atoms with Crippen molar-refractivity contribution in [1.82, 2.24) is 4.31 Å². The molecule has 6 nitrogen and oxygen atoms in total. The molecule has 0 aliphatic rings. The molecule has 1 unspecified atom stereocenters. The SMILES string of the molecule is CC(Oc1cccc(Cl)c1Cl)C(=O)Nc1cccc(S(=O)(=O)N(C)C)c1. The summed E-state index contributed by atoms with van der Waals surface area (Å²) in [5.41, 5.74) is 0.338. The summed E-state index contributed by atoms with van der Waals surface area (Å²) in [4.78, 5) is 12.4. The number of nitrogens with zero attached hydrogens (tertiary/aromatic N) is 1. The number of hydrogen-bond acceptors (Lipinski definition) is 4. The average Bonchev–Trinajstić information content (AvgIpc) is 2.59. The third-order valence-corrected chi connectivity index (χ3v) is 6.08. The molecule has 1 N–H and O–H groups in total. The Morgan fingerprint density at radius 3 is 2.46 bits per heavy atom. The standard InChI is InChI=1S/C17H18Cl2N2O4S/c1-11(25-15-9-5-8-14(18)16(15)19)17(22)20-12-6-4-7-13(10-12)26(23,24)21(2)3/h4-11H,1-3H3,(H,20,22). The van der Waals surface area contributed by atoms with Crippen LogP contribution in [-0.2, 0) is 14.8 Å². The topological polar surface area (TPSA) is 75.7 Å². The molecule has 0 heterocycles. The number of amides is 1. The normalized spacial score (nSPS) is 12.7. The fraction of sp³-hybridized carbons (Fsp3) is 0.235. The number of carbonyl (C=O) groups is 1. The minimum atomic E-state index is -3.60. The van der Waals surface area contributed by atoms with E-state index in [4.69, 9.17) is 27.9 Å². The number of benzene rings is 2. The lowest BCUT2D eigenvalue weighted by molar-refractivity contribution is -0.122. The van der Waals surface area contributed by atoms with Crippen molar-refractivity contribution in [2.75, 3.05) is 19.4 Å². The van der Waals surface area contributed by atoms with E-state index in [9.17, 15) is 13.2 Å². The van der Waals surface area contributed by atoms with E-state index in [0.717, 1.165) is 4.31 Å². The minimum absolute atomic E-state index is 0.0757. The summed E-state index contributed by atoms with van der Waals surface area (Å²) in [6.07, 6.45) is -0.875. The van der Waals surface area contributed by atoms with E-state index in [1.54, 1.807) is 37.3 Å². The van der Waals surface area contributed by atoms with Gasteiger partial charge in [0.1, 0.15) is 10.8 Å². The predicted molar refractivity (Wildman–Crippen MR) is 102 cm³/mol. The van der Waals surface area contributed by atoms with Crippen LogP contribution in [-0.4, -0.2) is 38.8 Å². The summed E-state index contributed by atoms with van der Waals surface area (Å²) in [6.45, 7) is 1.55. The number of halogens is 2. The van der Waals surface area contributed by atoms with Crippen LogP contribution in [0.5, 0.6) is 5.75 Å². The van der Waals surface area contributed by atoms with Crippen LogP contribution in [0.3, 0.4) is 0 Å². The van der Waals surface area contributed by atoms with E-state index in [2.05, 4.69) is 5.32 Å². The summed E-state index contributed by atoms with van der Waals surface area (Å²) < 4.78 is 31.0. The second-order valence-electron chi connectivity index (χ2n) is 5.62. The Morgan fingerprint density at radius 1 is 1.15 bits per heavy atom. The molecular weight excluding hydrogens is 399 g/mol. The van der Waals surface area contributed by atoms with Gasteiger partial charge < -0.3 is 10.1 Å². The lowest BCUT2D eigenvalue weighted by atomic mass is 10.3. The van der Waals surface area contributed by atoms with E-state index in [1.165, 1.54) is 26.2 Å². The van der Waals surface area contributed by atoms with Gasteiger partial charge in [-0.15, -0.1) is 0 Å². The highest BCUT2D eigenvalue weighted by Gasteiger charge is 2.20. The van der Waals surface area contributed by atoms with Gasteiger partial charge in [0.15, 0.2) is 6.10 Å². The molecule has 0 saturated carbocycles. The second kappa shape index (κ2) is 8.26. The van der Waals surface area contributed by atoms with Crippen molar-refractivity contribution in [3.63, 3.8) is 0 Å². The first-order chi connectivity index (χ1) is 12.1. The molecule has 26 heavy (non-hydrogen) atoms. The molecule has 2 rings (SSSR count). The zero-order valence-electron chi connectivity index (χ0n) is 14.4. The number of hydrogen-bond donors (Lipinski definition) is 1. The van der Waals surface area contributed by atoms with Gasteiger partial charge in [-0.2, -0.15) is 0 Å². The number of nitrogens with one attached hydrogen (secondary N) is 1. The number of rotatable bonds is 6. The van der Waals surface area contributed by atoms with Crippen LogP contribution in [0.2, 0.25) is 10.0 Å². The summed E-state index contributed by atoms with van der Waals surface area (Å²) in [6, 6.07) is 10.8. The van der Waals surface area contributed by atoms with Crippen molar-refractivity contribution < 1.29 is 17.9 Å². The molecule has 1 amide bonds. The number of sulfonamides is 1. The number of ether oxygens (including phenoxy) is 1. The van der Waals surface area contributed by atoms with Gasteiger partial charge in [-0.05, 0) is 37.3 Å². The molecular formula is C17H18Cl2N2O4S. The van der Waals surface area contributed by atoms with Crippen LogP contribution in [0.4, 0.5) is 5.69 Å². The number of carbonyl (C=O) groups excluding carboxylic acids is 1. The van der Waals surface area contributed by atoms with Crippen molar-refractivity contribution in [1.29, 1.82) is 0 Å². The fourth-order valence-electron chi connectivity index (χ4n) is 2.01. The molecule has 9 heteroatoms. The molecule has 2 aromatic rings. The molecule has 140 valence electrons. The molecule has 0 fully saturated rings. The van der Waals surface area contributed by atoms with Gasteiger partial charge in [0.2, 0.25) is 10.0 Å². The van der Waals surface area contributed by atoms with Gasteiger partial charge in [0.05, 0.1) is 9.92 Å². The molecule has 0 aliphatic heterocycles. The third-order valence-electron chi connectivity index (χ3n) is 3.47. The quantitative estimate of drug-likeness (QED) is 0.779. The summed E-state index contributed by atoms with van der Waals surface area (Å²) in [7, 11) is -0.724. The molecule has 2 aromatic carbocycles. The van der Waals surface area contributed by atoms with E-state index in [1.807, 2.05) is 0 Å². The van der Waals surface area contributed by atoms with Crippen LogP contribution in [0.25, 0.3) is 0 Å². The Balaban J connectivity index is 2.13. The van der Waals surface area contributed by atoms with Gasteiger partial charge >= 0.3 is 0 Å². The smallest absolute Gasteiger partial charge is 0.265 e. The van der Waals surface area contributed by atoms with Gasteiger partial charge in [-0.1, -0.05) is 35.3 Å². The molecule has 0 aromatic heterocycles. The predicted octanol–water partition coefficient (Wildman–Crippen LogP) is 3.65. The van der Waals surface area contributed by atoms with Gasteiger partial charge in [-0.3, -0.25) is 4.79 Å². The van der Waals surface area contributed by atoms with Gasteiger partial charge in [0, 0.05) is 19.8 Å². The molecule has 0 saturated heterocycles. The lowest BCUT2D eigenvalue weighted by Gasteiger charge is -2.17. The highest BCUT2D eigenvalue weighted by atomic mass is 35.5.